The van der Waals surface area contributed by atoms with Crippen molar-refractivity contribution in [2.75, 3.05) is 20.1 Å². The fourth-order valence-corrected chi connectivity index (χ4v) is 3.23. The van der Waals surface area contributed by atoms with Crippen LogP contribution in [0, 0.1) is 5.92 Å². The van der Waals surface area contributed by atoms with Crippen molar-refractivity contribution in [3.63, 3.8) is 0 Å². The summed E-state index contributed by atoms with van der Waals surface area (Å²) in [7, 11) is 2.12. The van der Waals surface area contributed by atoms with Crippen molar-refractivity contribution in [2.24, 2.45) is 11.7 Å². The number of hydrogen-bond acceptors (Lipinski definition) is 3. The van der Waals surface area contributed by atoms with Crippen LogP contribution in [0.25, 0.3) is 0 Å². The quantitative estimate of drug-likeness (QED) is 0.855. The number of rotatable bonds is 5. The zero-order valence-corrected chi connectivity index (χ0v) is 11.8. The van der Waals surface area contributed by atoms with Crippen molar-refractivity contribution in [1.29, 1.82) is 0 Å². The van der Waals surface area contributed by atoms with E-state index in [1.54, 1.807) is 0 Å². The highest BCUT2D eigenvalue weighted by Crippen LogP contribution is 2.28. The maximum absolute atomic E-state index is 10.3. The Morgan fingerprint density at radius 3 is 2.63 bits per heavy atom. The highest BCUT2D eigenvalue weighted by atomic mass is 16.3. The summed E-state index contributed by atoms with van der Waals surface area (Å²) in [5.41, 5.74) is 6.88. The smallest absolute Gasteiger partial charge is 0.0916 e. The number of nitrogens with two attached hydrogens (primary N) is 1. The van der Waals surface area contributed by atoms with Crippen molar-refractivity contribution < 1.29 is 5.11 Å². The lowest BCUT2D eigenvalue weighted by molar-refractivity contribution is 0.0685. The topological polar surface area (TPSA) is 49.5 Å². The molecule has 3 heteroatoms. The Labute approximate surface area is 116 Å². The van der Waals surface area contributed by atoms with Crippen LogP contribution in [0.5, 0.6) is 0 Å². The monoisotopic (exact) mass is 262 g/mol. The van der Waals surface area contributed by atoms with E-state index in [0.717, 1.165) is 12.1 Å². The average Bonchev–Trinajstić information content (AvgIpc) is 2.48. The van der Waals surface area contributed by atoms with Gasteiger partial charge in [-0.25, -0.2) is 0 Å². The summed E-state index contributed by atoms with van der Waals surface area (Å²) in [6.07, 6.45) is 4.61. The maximum Gasteiger partial charge on any atom is 0.0916 e. The van der Waals surface area contributed by atoms with E-state index in [9.17, 15) is 5.11 Å². The van der Waals surface area contributed by atoms with Crippen LogP contribution in [-0.4, -0.2) is 36.2 Å². The van der Waals surface area contributed by atoms with E-state index >= 15 is 0 Å². The predicted octanol–water partition coefficient (Wildman–Crippen LogP) is 2.17. The molecule has 0 aliphatic heterocycles. The van der Waals surface area contributed by atoms with Crippen LogP contribution in [0.15, 0.2) is 30.3 Å². The van der Waals surface area contributed by atoms with E-state index < -0.39 is 6.10 Å². The Morgan fingerprint density at radius 2 is 1.95 bits per heavy atom. The number of nitrogens with zero attached hydrogens (tertiary/aromatic N) is 1. The maximum atomic E-state index is 10.3. The molecule has 3 N–H and O–H groups in total. The summed E-state index contributed by atoms with van der Waals surface area (Å²) >= 11 is 0. The average molecular weight is 262 g/mol. The van der Waals surface area contributed by atoms with Gasteiger partial charge in [0.1, 0.15) is 0 Å². The number of aliphatic hydroxyl groups excluding tert-OH is 1. The van der Waals surface area contributed by atoms with Crippen molar-refractivity contribution in [1.82, 2.24) is 4.90 Å². The van der Waals surface area contributed by atoms with Crippen LogP contribution in [0.1, 0.15) is 37.4 Å². The molecule has 19 heavy (non-hydrogen) atoms. The predicted molar refractivity (Wildman–Crippen MR) is 78.8 cm³/mol. The Kier molecular flexibility index (Phi) is 5.37. The molecule has 0 bridgehead atoms. The van der Waals surface area contributed by atoms with Gasteiger partial charge in [-0.2, -0.15) is 0 Å². The van der Waals surface area contributed by atoms with E-state index in [0.29, 0.717) is 18.5 Å². The molecular formula is C16H26N2O. The van der Waals surface area contributed by atoms with Gasteiger partial charge in [-0.1, -0.05) is 43.2 Å². The molecule has 2 rings (SSSR count). The third kappa shape index (κ3) is 3.78. The van der Waals surface area contributed by atoms with Gasteiger partial charge in [0.2, 0.25) is 0 Å². The Bertz CT molecular complexity index is 368. The molecule has 1 aromatic carbocycles. The molecule has 1 saturated carbocycles. The van der Waals surface area contributed by atoms with E-state index in [1.165, 1.54) is 25.7 Å². The van der Waals surface area contributed by atoms with Crippen LogP contribution in [0.2, 0.25) is 0 Å². The van der Waals surface area contributed by atoms with Gasteiger partial charge in [-0.3, -0.25) is 0 Å². The third-order valence-electron chi connectivity index (χ3n) is 4.38. The molecule has 1 aliphatic rings. The van der Waals surface area contributed by atoms with Gasteiger partial charge in [0, 0.05) is 12.6 Å². The molecule has 1 aromatic rings. The van der Waals surface area contributed by atoms with Crippen molar-refractivity contribution in [2.45, 2.75) is 37.8 Å². The summed E-state index contributed by atoms with van der Waals surface area (Å²) < 4.78 is 0. The molecule has 0 spiro atoms. The zero-order valence-electron chi connectivity index (χ0n) is 11.8. The minimum absolute atomic E-state index is 0.411. The SMILES string of the molecule is CN(CC(O)c1ccccc1)C1CCCCC1CN. The molecule has 3 atom stereocenters. The van der Waals surface area contributed by atoms with Crippen LogP contribution < -0.4 is 5.73 Å². The fourth-order valence-electron chi connectivity index (χ4n) is 3.23. The second kappa shape index (κ2) is 7.04. The number of likely N-dealkylation sites (N-methyl/N-ethyl adjacent to an activating group) is 1. The molecule has 0 saturated heterocycles. The summed E-state index contributed by atoms with van der Waals surface area (Å²) in [6, 6.07) is 10.4. The molecule has 0 aromatic heterocycles. The first-order valence-electron chi connectivity index (χ1n) is 7.35. The van der Waals surface area contributed by atoms with Gasteiger partial charge in [0.15, 0.2) is 0 Å². The summed E-state index contributed by atoms with van der Waals surface area (Å²) in [5, 5.41) is 10.3. The normalized spacial score (nSPS) is 25.5. The summed E-state index contributed by atoms with van der Waals surface area (Å²) in [6.45, 7) is 1.45. The Morgan fingerprint density at radius 1 is 1.26 bits per heavy atom. The highest BCUT2D eigenvalue weighted by molar-refractivity contribution is 5.17. The second-order valence-electron chi connectivity index (χ2n) is 5.71. The minimum atomic E-state index is -0.411. The highest BCUT2D eigenvalue weighted by Gasteiger charge is 2.28. The van der Waals surface area contributed by atoms with E-state index in [4.69, 9.17) is 5.73 Å². The van der Waals surface area contributed by atoms with Crippen molar-refractivity contribution in [3.8, 4) is 0 Å². The van der Waals surface area contributed by atoms with E-state index in [-0.39, 0.29) is 0 Å². The number of aliphatic hydroxyl groups is 1. The largest absolute Gasteiger partial charge is 0.387 e. The molecule has 1 aliphatic carbocycles. The van der Waals surface area contributed by atoms with E-state index in [1.807, 2.05) is 30.3 Å². The molecule has 0 amide bonds. The summed E-state index contributed by atoms with van der Waals surface area (Å²) in [4.78, 5) is 2.30. The standard InChI is InChI=1S/C16H26N2O/c1-18(15-10-6-5-9-14(15)11-17)12-16(19)13-7-3-2-4-8-13/h2-4,7-8,14-16,19H,5-6,9-12,17H2,1H3. The molecule has 3 nitrogen and oxygen atoms in total. The summed E-state index contributed by atoms with van der Waals surface area (Å²) in [5.74, 6) is 0.585. The van der Waals surface area contributed by atoms with Crippen LogP contribution in [-0.2, 0) is 0 Å². The van der Waals surface area contributed by atoms with Gasteiger partial charge in [-0.05, 0) is 37.9 Å². The van der Waals surface area contributed by atoms with Crippen LogP contribution >= 0.6 is 0 Å². The van der Waals surface area contributed by atoms with Gasteiger partial charge in [0.05, 0.1) is 6.10 Å². The molecule has 0 radical (unpaired) electrons. The molecule has 106 valence electrons. The minimum Gasteiger partial charge on any atom is -0.387 e. The molecular weight excluding hydrogens is 236 g/mol. The van der Waals surface area contributed by atoms with Crippen LogP contribution in [0.4, 0.5) is 0 Å². The van der Waals surface area contributed by atoms with Gasteiger partial charge in [0.25, 0.3) is 0 Å². The first kappa shape index (κ1) is 14.5. The first-order chi connectivity index (χ1) is 9.22. The molecule has 0 heterocycles. The Balaban J connectivity index is 1.94. The lowest BCUT2D eigenvalue weighted by Crippen LogP contribution is -2.44. The number of hydrogen-bond donors (Lipinski definition) is 2. The van der Waals surface area contributed by atoms with Crippen molar-refractivity contribution in [3.05, 3.63) is 35.9 Å². The zero-order chi connectivity index (χ0) is 13.7. The van der Waals surface area contributed by atoms with Gasteiger partial charge in [-0.15, -0.1) is 0 Å². The van der Waals surface area contributed by atoms with Crippen LogP contribution in [0.3, 0.4) is 0 Å². The first-order valence-corrected chi connectivity index (χ1v) is 7.35. The lowest BCUT2D eigenvalue weighted by Gasteiger charge is -2.38. The molecule has 1 fully saturated rings. The lowest BCUT2D eigenvalue weighted by atomic mass is 9.83. The second-order valence-corrected chi connectivity index (χ2v) is 5.71. The van der Waals surface area contributed by atoms with Gasteiger partial charge >= 0.3 is 0 Å². The van der Waals surface area contributed by atoms with Crippen molar-refractivity contribution >= 4 is 0 Å². The molecule has 3 unspecified atom stereocenters. The van der Waals surface area contributed by atoms with E-state index in [2.05, 4.69) is 11.9 Å². The fraction of sp³-hybridized carbons (Fsp3) is 0.625. The third-order valence-corrected chi connectivity index (χ3v) is 4.38. The number of benzene rings is 1. The Hall–Kier alpha value is -0.900. The van der Waals surface area contributed by atoms with Gasteiger partial charge < -0.3 is 15.7 Å².